The van der Waals surface area contributed by atoms with E-state index in [1.165, 1.54) is 10.6 Å². The van der Waals surface area contributed by atoms with Crippen molar-refractivity contribution >= 4 is 15.9 Å². The molecule has 22 heavy (non-hydrogen) atoms. The second kappa shape index (κ2) is 5.64. The number of nitrogens with zero attached hydrogens (tertiary/aromatic N) is 4. The second-order valence-corrected chi connectivity index (χ2v) is 7.70. The Balaban J connectivity index is 1.79. The molecule has 0 aromatic carbocycles. The molecule has 1 aromatic heterocycles. The number of amides is 1. The normalized spacial score (nSPS) is 26.7. The van der Waals surface area contributed by atoms with Crippen molar-refractivity contribution in [3.8, 4) is 0 Å². The lowest BCUT2D eigenvalue weighted by Gasteiger charge is -2.45. The quantitative estimate of drug-likeness (QED) is 0.716. The Morgan fingerprint density at radius 1 is 1.41 bits per heavy atom. The fourth-order valence-electron chi connectivity index (χ4n) is 3.13. The topological polar surface area (TPSA) is 84.7 Å². The van der Waals surface area contributed by atoms with Crippen LogP contribution < -0.4 is 0 Å². The average molecular weight is 328 g/mol. The van der Waals surface area contributed by atoms with Crippen LogP contribution in [0, 0.1) is 0 Å². The fraction of sp³-hybridized carbons (Fsp3) is 0.692. The molecule has 1 aromatic rings. The molecule has 2 aliphatic heterocycles. The van der Waals surface area contributed by atoms with Gasteiger partial charge in [0, 0.05) is 32.9 Å². The largest absolute Gasteiger partial charge is 0.375 e. The molecule has 0 spiro atoms. The number of carbonyl (C=O) groups is 1. The lowest BCUT2D eigenvalue weighted by molar-refractivity contribution is -0.0705. The predicted molar refractivity (Wildman–Crippen MR) is 78.8 cm³/mol. The van der Waals surface area contributed by atoms with Crippen molar-refractivity contribution in [2.45, 2.75) is 18.6 Å². The highest BCUT2D eigenvalue weighted by atomic mass is 32.2. The molecule has 0 aliphatic carbocycles. The van der Waals surface area contributed by atoms with E-state index in [1.807, 2.05) is 0 Å². The lowest BCUT2D eigenvalue weighted by atomic mass is 10.0. The van der Waals surface area contributed by atoms with E-state index in [9.17, 15) is 13.2 Å². The number of aromatic nitrogens is 2. The van der Waals surface area contributed by atoms with Crippen LogP contribution in [0.15, 0.2) is 12.3 Å². The molecule has 3 rings (SSSR count). The number of hydrogen-bond acceptors (Lipinski definition) is 5. The van der Waals surface area contributed by atoms with Crippen molar-refractivity contribution in [3.63, 3.8) is 0 Å². The average Bonchev–Trinajstić information content (AvgIpc) is 2.91. The summed E-state index contributed by atoms with van der Waals surface area (Å²) in [6.45, 7) is 1.63. The Labute approximate surface area is 129 Å². The zero-order valence-electron chi connectivity index (χ0n) is 12.7. The summed E-state index contributed by atoms with van der Waals surface area (Å²) in [7, 11) is -1.56. The second-order valence-electron chi connectivity index (χ2n) is 5.76. The molecule has 2 saturated heterocycles. The van der Waals surface area contributed by atoms with E-state index in [1.54, 1.807) is 28.9 Å². The maximum Gasteiger partial charge on any atom is 0.274 e. The summed E-state index contributed by atoms with van der Waals surface area (Å²) < 4.78 is 32.6. The van der Waals surface area contributed by atoms with Crippen LogP contribution in [-0.2, 0) is 21.8 Å². The predicted octanol–water partition coefficient (Wildman–Crippen LogP) is -0.705. The Kier molecular flexibility index (Phi) is 3.96. The monoisotopic (exact) mass is 328 g/mol. The van der Waals surface area contributed by atoms with Crippen LogP contribution in [0.25, 0.3) is 0 Å². The Morgan fingerprint density at radius 3 is 2.82 bits per heavy atom. The summed E-state index contributed by atoms with van der Waals surface area (Å²) in [5.41, 5.74) is 0.378. The number of piperidine rings is 1. The fourth-order valence-corrected chi connectivity index (χ4v) is 4.23. The van der Waals surface area contributed by atoms with E-state index in [0.717, 1.165) is 0 Å². The summed E-state index contributed by atoms with van der Waals surface area (Å²) in [4.78, 5) is 14.1. The van der Waals surface area contributed by atoms with Crippen molar-refractivity contribution in [1.29, 1.82) is 0 Å². The van der Waals surface area contributed by atoms with Crippen LogP contribution in [-0.4, -0.2) is 78.0 Å². The Hall–Kier alpha value is -1.45. The third kappa shape index (κ3) is 2.88. The number of likely N-dealkylation sites (tertiary alicyclic amines) is 1. The van der Waals surface area contributed by atoms with Crippen molar-refractivity contribution in [1.82, 2.24) is 19.0 Å². The summed E-state index contributed by atoms with van der Waals surface area (Å²) in [5.74, 6) is -0.168. The van der Waals surface area contributed by atoms with Crippen molar-refractivity contribution in [3.05, 3.63) is 18.0 Å². The number of sulfonamides is 1. The van der Waals surface area contributed by atoms with E-state index in [4.69, 9.17) is 4.74 Å². The first-order valence-electron chi connectivity index (χ1n) is 7.23. The maximum absolute atomic E-state index is 12.5. The summed E-state index contributed by atoms with van der Waals surface area (Å²) in [5, 5.41) is 4.12. The van der Waals surface area contributed by atoms with Gasteiger partial charge in [0.15, 0.2) is 0 Å². The zero-order valence-corrected chi connectivity index (χ0v) is 13.5. The number of carbonyl (C=O) groups excluding carboxylic acids is 1. The minimum atomic E-state index is -3.31. The molecule has 2 fully saturated rings. The van der Waals surface area contributed by atoms with Gasteiger partial charge in [-0.1, -0.05) is 0 Å². The molecule has 8 nitrogen and oxygen atoms in total. The molecule has 0 unspecified atom stereocenters. The van der Waals surface area contributed by atoms with E-state index in [0.29, 0.717) is 38.4 Å². The molecular weight excluding hydrogens is 308 g/mol. The first-order valence-corrected chi connectivity index (χ1v) is 9.08. The SMILES string of the molecule is Cn1ccc(C(=O)N2CC[C@@H]3OCCN(S(C)(=O)=O)[C@@H]3C2)n1. The van der Waals surface area contributed by atoms with Gasteiger partial charge in [0.1, 0.15) is 5.69 Å². The first kappa shape index (κ1) is 15.4. The van der Waals surface area contributed by atoms with E-state index in [2.05, 4.69) is 5.10 Å². The molecule has 9 heteroatoms. The molecule has 1 amide bonds. The number of morpholine rings is 1. The van der Waals surface area contributed by atoms with Crippen molar-refractivity contribution < 1.29 is 17.9 Å². The molecule has 2 atom stereocenters. The molecule has 0 radical (unpaired) electrons. The Bertz CT molecular complexity index is 671. The molecule has 0 saturated carbocycles. The van der Waals surface area contributed by atoms with E-state index >= 15 is 0 Å². The van der Waals surface area contributed by atoms with Crippen LogP contribution in [0.4, 0.5) is 0 Å². The number of ether oxygens (including phenoxy) is 1. The smallest absolute Gasteiger partial charge is 0.274 e. The van der Waals surface area contributed by atoms with Gasteiger partial charge >= 0.3 is 0 Å². The maximum atomic E-state index is 12.5. The third-order valence-corrected chi connectivity index (χ3v) is 5.48. The number of hydrogen-bond donors (Lipinski definition) is 0. The highest BCUT2D eigenvalue weighted by Gasteiger charge is 2.42. The van der Waals surface area contributed by atoms with Gasteiger partial charge in [-0.15, -0.1) is 0 Å². The van der Waals surface area contributed by atoms with Gasteiger partial charge in [-0.2, -0.15) is 9.40 Å². The van der Waals surface area contributed by atoms with Crippen molar-refractivity contribution in [2.75, 3.05) is 32.5 Å². The first-order chi connectivity index (χ1) is 10.4. The van der Waals surface area contributed by atoms with Crippen LogP contribution in [0.2, 0.25) is 0 Å². The molecule has 0 bridgehead atoms. The van der Waals surface area contributed by atoms with Gasteiger partial charge in [-0.25, -0.2) is 8.42 Å². The minimum absolute atomic E-state index is 0.142. The van der Waals surface area contributed by atoms with Crippen LogP contribution in [0.1, 0.15) is 16.9 Å². The summed E-state index contributed by atoms with van der Waals surface area (Å²) in [6.07, 6.45) is 3.41. The number of rotatable bonds is 2. The number of aryl methyl sites for hydroxylation is 1. The molecule has 2 aliphatic rings. The zero-order chi connectivity index (χ0) is 15.9. The lowest BCUT2D eigenvalue weighted by Crippen LogP contribution is -2.61. The number of fused-ring (bicyclic) bond motifs is 1. The van der Waals surface area contributed by atoms with Gasteiger partial charge in [0.05, 0.1) is 25.0 Å². The molecule has 3 heterocycles. The molecule has 0 N–H and O–H groups in total. The third-order valence-electron chi connectivity index (χ3n) is 4.18. The standard InChI is InChI=1S/C13H20N4O4S/c1-15-5-3-10(14-15)13(18)16-6-4-12-11(9-16)17(7-8-21-12)22(2,19)20/h3,5,11-12H,4,6-9H2,1-2H3/t11-,12+/m1/s1. The highest BCUT2D eigenvalue weighted by Crippen LogP contribution is 2.25. The van der Waals surface area contributed by atoms with Crippen LogP contribution in [0.5, 0.6) is 0 Å². The van der Waals surface area contributed by atoms with Gasteiger partial charge in [0.25, 0.3) is 5.91 Å². The Morgan fingerprint density at radius 2 is 2.18 bits per heavy atom. The minimum Gasteiger partial charge on any atom is -0.375 e. The van der Waals surface area contributed by atoms with Crippen molar-refractivity contribution in [2.24, 2.45) is 7.05 Å². The van der Waals surface area contributed by atoms with Crippen LogP contribution >= 0.6 is 0 Å². The highest BCUT2D eigenvalue weighted by molar-refractivity contribution is 7.88. The van der Waals surface area contributed by atoms with Crippen LogP contribution in [0.3, 0.4) is 0 Å². The summed E-state index contributed by atoms with van der Waals surface area (Å²) >= 11 is 0. The van der Waals surface area contributed by atoms with E-state index in [-0.39, 0.29) is 18.1 Å². The summed E-state index contributed by atoms with van der Waals surface area (Å²) in [6, 6.07) is 1.35. The van der Waals surface area contributed by atoms with Gasteiger partial charge in [0.2, 0.25) is 10.0 Å². The van der Waals surface area contributed by atoms with Gasteiger partial charge in [-0.3, -0.25) is 9.48 Å². The molecule has 122 valence electrons. The van der Waals surface area contributed by atoms with Gasteiger partial charge in [-0.05, 0) is 12.5 Å². The van der Waals surface area contributed by atoms with Gasteiger partial charge < -0.3 is 9.64 Å². The van der Waals surface area contributed by atoms with E-state index < -0.39 is 10.0 Å². The molecular formula is C13H20N4O4S.